The van der Waals surface area contributed by atoms with E-state index in [1.54, 1.807) is 35.2 Å². The Labute approximate surface area is 349 Å². The smallest absolute Gasteiger partial charge is 0.433 e. The van der Waals surface area contributed by atoms with Gasteiger partial charge < -0.3 is 29.7 Å². The molecule has 14 nitrogen and oxygen atoms in total. The third kappa shape index (κ3) is 10.4. The zero-order valence-electron chi connectivity index (χ0n) is 33.1. The number of anilines is 1. The summed E-state index contributed by atoms with van der Waals surface area (Å²) in [6.45, 7) is 7.84. The van der Waals surface area contributed by atoms with Crippen LogP contribution in [0.2, 0.25) is 0 Å². The maximum atomic E-state index is 13.1. The molecule has 2 aliphatic rings. The number of hydrogen-bond acceptors (Lipinski definition) is 10. The lowest BCUT2D eigenvalue weighted by atomic mass is 10.0. The normalized spacial score (nSPS) is 16.9. The lowest BCUT2D eigenvalue weighted by molar-refractivity contribution is -0.142. The summed E-state index contributed by atoms with van der Waals surface area (Å²) < 4.78 is 86.7. The summed E-state index contributed by atoms with van der Waals surface area (Å²) in [5.41, 5.74) is -0.739. The number of aromatic nitrogens is 3. The van der Waals surface area contributed by atoms with E-state index in [0.29, 0.717) is 52.4 Å². The van der Waals surface area contributed by atoms with E-state index in [0.717, 1.165) is 30.6 Å². The van der Waals surface area contributed by atoms with Crippen LogP contribution >= 0.6 is 0 Å². The molecule has 1 saturated heterocycles. The average Bonchev–Trinajstić information content (AvgIpc) is 3.22. The Hall–Kier alpha value is -6.80. The number of halogens is 6. The Balaban J connectivity index is 0.000000214. The van der Waals surface area contributed by atoms with E-state index in [9.17, 15) is 50.9 Å². The van der Waals surface area contributed by atoms with Gasteiger partial charge in [-0.3, -0.25) is 14.6 Å². The standard InChI is InChI=1S/C25H27F3N4O3.C17H11F3N2O5/c1-24(2,3)32-11-10-31(14-17(32)15-33)23(34)21-7-4-16-12-18(5-8-20(16)30-21)35-19-6-9-22(29-13-19)25(26,27)28;18-17(19,20)14-6-3-11(8-21-14)27-10-2-5-12-9(7-10)1-4-13(15(23)24)22(12)16(25)26/h4-9,12-13,17,33H,10-11,14-15H2,1-3H3;1-8,13H,(H,23,24)(H,25,26)/t17-;/m0./s1. The molecule has 0 bridgehead atoms. The highest BCUT2D eigenvalue weighted by molar-refractivity contribution is 6.00. The third-order valence-electron chi connectivity index (χ3n) is 9.70. The van der Waals surface area contributed by atoms with Crippen LogP contribution in [-0.4, -0.2) is 102 Å². The molecule has 3 N–H and O–H groups in total. The van der Waals surface area contributed by atoms with Crippen LogP contribution in [0.3, 0.4) is 0 Å². The van der Waals surface area contributed by atoms with Gasteiger partial charge >= 0.3 is 24.4 Å². The van der Waals surface area contributed by atoms with E-state index in [-0.39, 0.29) is 47.0 Å². The molecule has 2 atom stereocenters. The van der Waals surface area contributed by atoms with Crippen molar-refractivity contribution in [3.05, 3.63) is 114 Å². The molecule has 2 aromatic carbocycles. The number of ether oxygens (including phenoxy) is 2. The van der Waals surface area contributed by atoms with E-state index in [1.807, 2.05) is 0 Å². The van der Waals surface area contributed by atoms with Gasteiger partial charge in [0.15, 0.2) is 6.04 Å². The molecule has 0 aliphatic carbocycles. The number of benzene rings is 2. The van der Waals surface area contributed by atoms with E-state index < -0.39 is 41.8 Å². The number of aliphatic hydroxyl groups is 1. The Bertz CT molecular complexity index is 2480. The predicted octanol–water partition coefficient (Wildman–Crippen LogP) is 8.22. The zero-order valence-corrected chi connectivity index (χ0v) is 33.1. The number of hydrogen-bond donors (Lipinski definition) is 3. The molecule has 20 heteroatoms. The van der Waals surface area contributed by atoms with Crippen molar-refractivity contribution in [1.82, 2.24) is 24.8 Å². The van der Waals surface area contributed by atoms with Gasteiger partial charge in [-0.1, -0.05) is 12.1 Å². The van der Waals surface area contributed by atoms with Gasteiger partial charge in [-0.05, 0) is 93.6 Å². The van der Waals surface area contributed by atoms with E-state index >= 15 is 0 Å². The summed E-state index contributed by atoms with van der Waals surface area (Å²) in [7, 11) is 0. The summed E-state index contributed by atoms with van der Waals surface area (Å²) in [6.07, 6.45) is -5.92. The number of aliphatic carboxylic acids is 1. The minimum absolute atomic E-state index is 0.0383. The summed E-state index contributed by atoms with van der Waals surface area (Å²) in [5, 5.41) is 29.0. The third-order valence-corrected chi connectivity index (χ3v) is 9.70. The number of carbonyl (C=O) groups excluding carboxylic acids is 1. The molecule has 0 spiro atoms. The summed E-state index contributed by atoms with van der Waals surface area (Å²) in [4.78, 5) is 51.5. The fraction of sp³-hybridized carbons (Fsp3) is 0.286. The average molecular weight is 869 g/mol. The van der Waals surface area contributed by atoms with Crippen LogP contribution in [0.25, 0.3) is 17.0 Å². The van der Waals surface area contributed by atoms with Crippen LogP contribution in [0.4, 0.5) is 36.8 Å². The molecule has 326 valence electrons. The molecule has 62 heavy (non-hydrogen) atoms. The topological polar surface area (TPSA) is 179 Å². The summed E-state index contributed by atoms with van der Waals surface area (Å²) >= 11 is 0. The van der Waals surface area contributed by atoms with Crippen molar-refractivity contribution in [2.75, 3.05) is 31.1 Å². The monoisotopic (exact) mass is 868 g/mol. The number of carbonyl (C=O) groups is 3. The highest BCUT2D eigenvalue weighted by atomic mass is 19.4. The van der Waals surface area contributed by atoms with Gasteiger partial charge in [0.1, 0.15) is 40.1 Å². The number of amides is 2. The number of piperazine rings is 1. The van der Waals surface area contributed by atoms with Crippen molar-refractivity contribution < 1.29 is 65.5 Å². The van der Waals surface area contributed by atoms with Crippen LogP contribution in [0.15, 0.2) is 91.3 Å². The van der Waals surface area contributed by atoms with Gasteiger partial charge in [0, 0.05) is 36.1 Å². The highest BCUT2D eigenvalue weighted by Gasteiger charge is 2.37. The van der Waals surface area contributed by atoms with E-state index in [1.165, 1.54) is 36.4 Å². The lowest BCUT2D eigenvalue weighted by Crippen LogP contribution is -2.61. The number of carboxylic acid groups (broad SMARTS) is 2. The van der Waals surface area contributed by atoms with Crippen LogP contribution in [-0.2, 0) is 17.1 Å². The minimum atomic E-state index is -4.56. The molecule has 7 rings (SSSR count). The van der Waals surface area contributed by atoms with Gasteiger partial charge in [0.05, 0.1) is 36.2 Å². The molecule has 0 saturated carbocycles. The first-order valence-corrected chi connectivity index (χ1v) is 18.7. The molecule has 2 aliphatic heterocycles. The zero-order chi connectivity index (χ0) is 45.1. The molecule has 1 unspecified atom stereocenters. The van der Waals surface area contributed by atoms with Crippen molar-refractivity contribution in [2.45, 2.75) is 50.7 Å². The number of alkyl halides is 6. The number of fused-ring (bicyclic) bond motifs is 2. The van der Waals surface area contributed by atoms with Crippen molar-refractivity contribution in [2.24, 2.45) is 0 Å². The second-order valence-electron chi connectivity index (χ2n) is 15.0. The van der Waals surface area contributed by atoms with Crippen LogP contribution in [0.1, 0.15) is 48.2 Å². The second kappa shape index (κ2) is 17.7. The van der Waals surface area contributed by atoms with Crippen LogP contribution in [0.5, 0.6) is 23.0 Å². The van der Waals surface area contributed by atoms with Crippen molar-refractivity contribution >= 4 is 40.6 Å². The molecule has 5 aromatic rings. The Morgan fingerprint density at radius 3 is 1.85 bits per heavy atom. The van der Waals surface area contributed by atoms with Gasteiger partial charge in [0.25, 0.3) is 5.91 Å². The lowest BCUT2D eigenvalue weighted by Gasteiger charge is -2.47. The fourth-order valence-electron chi connectivity index (χ4n) is 6.81. The fourth-order valence-corrected chi connectivity index (χ4v) is 6.81. The highest BCUT2D eigenvalue weighted by Crippen LogP contribution is 2.35. The minimum Gasteiger partial charge on any atom is -0.479 e. The van der Waals surface area contributed by atoms with Gasteiger partial charge in [-0.25, -0.2) is 24.5 Å². The molecule has 1 fully saturated rings. The number of carboxylic acids is 1. The number of pyridine rings is 3. The predicted molar refractivity (Wildman–Crippen MR) is 211 cm³/mol. The van der Waals surface area contributed by atoms with E-state index in [4.69, 9.17) is 14.6 Å². The Morgan fingerprint density at radius 1 is 0.758 bits per heavy atom. The van der Waals surface area contributed by atoms with Gasteiger partial charge in [-0.15, -0.1) is 0 Å². The first-order chi connectivity index (χ1) is 29.1. The Kier molecular flexibility index (Phi) is 12.7. The largest absolute Gasteiger partial charge is 0.479 e. The quantitative estimate of drug-likeness (QED) is 0.134. The van der Waals surface area contributed by atoms with Crippen molar-refractivity contribution in [1.29, 1.82) is 0 Å². The van der Waals surface area contributed by atoms with Crippen LogP contribution in [0, 0.1) is 0 Å². The van der Waals surface area contributed by atoms with Gasteiger partial charge in [0.2, 0.25) is 0 Å². The SMILES string of the molecule is CC(C)(C)N1CCN(C(=O)c2ccc3cc(Oc4ccc(C(F)(F)F)nc4)ccc3n2)C[C@H]1CO.O=C(O)C1C=Cc2cc(Oc3ccc(C(F)(F)F)nc3)ccc2N1C(=O)O. The van der Waals surface area contributed by atoms with Crippen molar-refractivity contribution in [3.8, 4) is 23.0 Å². The number of nitrogens with zero attached hydrogens (tertiary/aromatic N) is 6. The van der Waals surface area contributed by atoms with Gasteiger partial charge in [-0.2, -0.15) is 26.3 Å². The number of rotatable bonds is 7. The first kappa shape index (κ1) is 44.7. The molecule has 3 aromatic heterocycles. The molecular formula is C42H38F6N6O8. The van der Waals surface area contributed by atoms with Crippen LogP contribution < -0.4 is 14.4 Å². The molecular weight excluding hydrogens is 830 g/mol. The molecule has 2 amide bonds. The summed E-state index contributed by atoms with van der Waals surface area (Å²) in [5.74, 6) is -0.667. The van der Waals surface area contributed by atoms with E-state index in [2.05, 4.69) is 40.6 Å². The second-order valence-corrected chi connectivity index (χ2v) is 15.0. The van der Waals surface area contributed by atoms with Crippen molar-refractivity contribution in [3.63, 3.8) is 0 Å². The maximum absolute atomic E-state index is 13.1. The molecule has 0 radical (unpaired) electrons. The first-order valence-electron chi connectivity index (χ1n) is 18.7. The Morgan fingerprint density at radius 2 is 1.34 bits per heavy atom. The maximum Gasteiger partial charge on any atom is 0.433 e. The molecule has 5 heterocycles. The summed E-state index contributed by atoms with van der Waals surface area (Å²) in [6, 6.07) is 15.0. The number of aliphatic hydroxyl groups excluding tert-OH is 1.